The van der Waals surface area contributed by atoms with E-state index in [0.29, 0.717) is 11.6 Å². The second-order valence-corrected chi connectivity index (χ2v) is 34.5. The van der Waals surface area contributed by atoms with Crippen LogP contribution in [0.4, 0.5) is 0 Å². The predicted molar refractivity (Wildman–Crippen MR) is 467 cm³/mol. The van der Waals surface area contributed by atoms with Gasteiger partial charge in [0.1, 0.15) is 0 Å². The number of para-hydroxylation sites is 2. The van der Waals surface area contributed by atoms with E-state index in [2.05, 4.69) is 411 Å². The van der Waals surface area contributed by atoms with Crippen LogP contribution in [0.2, 0.25) is 0 Å². The molecule has 16 aromatic carbocycles. The van der Waals surface area contributed by atoms with Gasteiger partial charge in [-0.1, -0.05) is 158 Å². The molecule has 0 spiro atoms. The summed E-state index contributed by atoms with van der Waals surface area (Å²) in [5.74, 6) is 1.37. The molecule has 2 aliphatic carbocycles. The first-order valence-corrected chi connectivity index (χ1v) is 41.5. The van der Waals surface area contributed by atoms with Crippen molar-refractivity contribution in [2.45, 2.75) is 10.8 Å². The summed E-state index contributed by atoms with van der Waals surface area (Å²) in [7, 11) is 0. The number of halogens is 1. The van der Waals surface area contributed by atoms with Crippen LogP contribution in [0.5, 0.6) is 0 Å². The van der Waals surface area contributed by atoms with Crippen molar-refractivity contribution in [1.82, 2.24) is 24.5 Å². The molecule has 4 heterocycles. The van der Waals surface area contributed by atoms with Gasteiger partial charge in [0.05, 0.1) is 16.4 Å². The van der Waals surface area contributed by atoms with Crippen molar-refractivity contribution in [3.63, 3.8) is 0 Å². The zero-order chi connectivity index (χ0) is 73.9. The van der Waals surface area contributed by atoms with Gasteiger partial charge in [0.15, 0.2) is 0 Å². The van der Waals surface area contributed by atoms with Gasteiger partial charge in [-0.2, -0.15) is 0 Å². The predicted octanol–water partition coefficient (Wildman–Crippen LogP) is 26.2. The third kappa shape index (κ3) is 10.4. The van der Waals surface area contributed by atoms with E-state index < -0.39 is 30.6 Å². The van der Waals surface area contributed by atoms with Gasteiger partial charge in [-0.25, -0.2) is 0 Å². The number of benzene rings is 16. The molecule has 0 saturated carbocycles. The quantitative estimate of drug-likeness (QED) is 0.108. The summed E-state index contributed by atoms with van der Waals surface area (Å²) in [5.41, 5.74) is 31.5. The van der Waals surface area contributed by atoms with Gasteiger partial charge >= 0.3 is 404 Å². The molecule has 6 heteroatoms. The van der Waals surface area contributed by atoms with Crippen LogP contribution in [0.15, 0.2) is 413 Å². The zero-order valence-corrected chi connectivity index (χ0v) is 63.0. The first kappa shape index (κ1) is 65.3. The number of aromatic nitrogens is 5. The van der Waals surface area contributed by atoms with Gasteiger partial charge in [-0.05, 0) is 63.7 Å². The van der Waals surface area contributed by atoms with E-state index in [0.717, 1.165) is 67.4 Å². The molecule has 0 saturated heterocycles. The molecule has 0 bridgehead atoms. The molecule has 0 N–H and O–H groups in total. The van der Waals surface area contributed by atoms with Gasteiger partial charge in [-0.15, -0.1) is 0 Å². The summed E-state index contributed by atoms with van der Waals surface area (Å²) in [4.78, 5) is 21.4. The van der Waals surface area contributed by atoms with Crippen molar-refractivity contribution in [3.05, 3.63) is 468 Å². The molecule has 19 aromatic rings. The topological polar surface area (TPSA) is 56.5 Å². The molecule has 22 rings (SSSR count). The first-order chi connectivity index (χ1) is 55.5. The molecular weight excluding hydrogens is 1470 g/mol. The summed E-state index contributed by atoms with van der Waals surface area (Å²) < 4.78 is 6.75. The van der Waals surface area contributed by atoms with Gasteiger partial charge in [0.25, 0.3) is 0 Å². The summed E-state index contributed by atoms with van der Waals surface area (Å²) in [6.07, 6.45) is 0. The van der Waals surface area contributed by atoms with Crippen molar-refractivity contribution >= 4 is 41.6 Å². The number of hydrogen-bond donors (Lipinski definition) is 0. The number of rotatable bonds is 13. The molecule has 3 aromatic heterocycles. The van der Waals surface area contributed by atoms with Gasteiger partial charge in [0, 0.05) is 16.5 Å². The standard InChI is InChI=1S/C106H68IN5/c1-8-28-70(29-9-1)97-67-99(110-103(108-97)72-30-10-2-11-31-72)76-53-59-92-88(64-76)89-65-81(55-60-93(89)105(92,77-34-14-4-15-35-77)78-36-16-5-17-37-78)107-95-45-25-22-42-84(95)90-62-74(54-61-96(90)107)69-48-50-71(51-49-69)98-68-100(111-104(109-98)73-32-12-3-13-33-73)75-52-58-91-87(63-75)83-57-56-82(112-101-46-26-23-43-85(101)86-44-24-27-47-102(86)112)66-94(83)106(91,79-38-18-6-19-39-79)80-40-20-7-21-41-80/h1-68H. The second kappa shape index (κ2) is 26.5. The Balaban J connectivity index is 0.640. The average molecular weight is 1540 g/mol. The maximum absolute atomic E-state index is 5.47. The maximum atomic E-state index is 5.47. The Hall–Kier alpha value is -13.8. The Morgan fingerprint density at radius 2 is 0.580 bits per heavy atom. The summed E-state index contributed by atoms with van der Waals surface area (Å²) in [5, 5.41) is 2.48. The average Bonchev–Trinajstić information content (AvgIpc) is 1.53. The summed E-state index contributed by atoms with van der Waals surface area (Å²) in [6, 6.07) is 152. The Kier molecular flexibility index (Phi) is 15.5. The first-order valence-electron chi connectivity index (χ1n) is 38.3. The van der Waals surface area contributed by atoms with Gasteiger partial charge in [0.2, 0.25) is 0 Å². The van der Waals surface area contributed by atoms with Crippen LogP contribution in [0.3, 0.4) is 0 Å². The van der Waals surface area contributed by atoms with E-state index in [9.17, 15) is 0 Å². The van der Waals surface area contributed by atoms with Crippen LogP contribution in [0, 0.1) is 10.7 Å². The fourth-order valence-corrected chi connectivity index (χ4v) is 24.7. The van der Waals surface area contributed by atoms with Gasteiger partial charge < -0.3 is 4.57 Å². The van der Waals surface area contributed by atoms with Crippen LogP contribution in [-0.2, 0) is 10.8 Å². The fraction of sp³-hybridized carbons (Fsp3) is 0.0189. The van der Waals surface area contributed by atoms with E-state index in [1.54, 1.807) is 0 Å². The Labute approximate surface area is 657 Å². The van der Waals surface area contributed by atoms with Crippen molar-refractivity contribution in [3.8, 4) is 118 Å². The molecule has 112 heavy (non-hydrogen) atoms. The number of nitrogens with zero attached hydrogens (tertiary/aromatic N) is 5. The van der Waals surface area contributed by atoms with Crippen molar-refractivity contribution < 1.29 is 0 Å². The summed E-state index contributed by atoms with van der Waals surface area (Å²) in [6.45, 7) is 0. The van der Waals surface area contributed by atoms with Crippen LogP contribution in [-0.4, -0.2) is 24.5 Å². The zero-order valence-electron chi connectivity index (χ0n) is 60.9. The second-order valence-electron chi connectivity index (χ2n) is 29.3. The SMILES string of the molecule is c1ccc(-c2cc(-c3ccc4c(c3)-c3cc(I5c6ccccc6-c6cc(-c7ccc(-c8cc(-c9ccc%10c(c9)-c9ccc(-n%11c%12ccccc%12c%12ccccc%12%11)cc9C%10(c9ccccc9)c9ccccc9)nc(-c9ccccc9)n8)cc7)ccc65)ccc3C4(c3ccccc3)c3ccccc3)nc(-c3ccccc3)n2)cc1. The van der Waals surface area contributed by atoms with Crippen LogP contribution < -0.4 is 0 Å². The normalized spacial score (nSPS) is 13.4. The molecule has 1 aliphatic heterocycles. The Morgan fingerprint density at radius 3 is 1.10 bits per heavy atom. The molecule has 0 amide bonds. The molecule has 0 atom stereocenters. The summed E-state index contributed by atoms with van der Waals surface area (Å²) >= 11 is -2.34. The third-order valence-corrected chi connectivity index (χ3v) is 29.5. The molecule has 3 aliphatic rings. The Bertz CT molecular complexity index is 6720. The van der Waals surface area contributed by atoms with Gasteiger partial charge in [-0.3, -0.25) is 0 Å². The minimum atomic E-state index is -2.34. The van der Waals surface area contributed by atoms with Crippen LogP contribution in [0.25, 0.3) is 140 Å². The van der Waals surface area contributed by atoms with Crippen LogP contribution in [0.1, 0.15) is 44.5 Å². The number of fused-ring (bicyclic) bond motifs is 12. The van der Waals surface area contributed by atoms with Crippen molar-refractivity contribution in [1.29, 1.82) is 0 Å². The van der Waals surface area contributed by atoms with E-state index in [1.807, 2.05) is 6.07 Å². The van der Waals surface area contributed by atoms with E-state index in [1.165, 1.54) is 116 Å². The molecular formula is C106H68IN5. The monoisotopic (exact) mass is 1540 g/mol. The molecule has 5 nitrogen and oxygen atoms in total. The molecule has 0 radical (unpaired) electrons. The minimum absolute atomic E-state index is 0.584. The van der Waals surface area contributed by atoms with Crippen molar-refractivity contribution in [2.24, 2.45) is 0 Å². The van der Waals surface area contributed by atoms with Crippen LogP contribution >= 0.6 is 19.8 Å². The molecule has 524 valence electrons. The number of hydrogen-bond acceptors (Lipinski definition) is 4. The van der Waals surface area contributed by atoms with E-state index in [-0.39, 0.29) is 0 Å². The molecule has 0 unspecified atom stereocenters. The van der Waals surface area contributed by atoms with E-state index >= 15 is 0 Å². The fourth-order valence-electron chi connectivity index (χ4n) is 18.4. The Morgan fingerprint density at radius 1 is 0.214 bits per heavy atom. The van der Waals surface area contributed by atoms with E-state index in [4.69, 9.17) is 19.9 Å². The van der Waals surface area contributed by atoms with Crippen molar-refractivity contribution in [2.75, 3.05) is 0 Å². The third-order valence-electron chi connectivity index (χ3n) is 23.3. The molecule has 0 fully saturated rings.